The van der Waals surface area contributed by atoms with E-state index in [1.165, 1.54) is 24.1 Å². The number of aliphatic hydroxyl groups is 1. The maximum absolute atomic E-state index is 10.6. The fourth-order valence-electron chi connectivity index (χ4n) is 3.36. The van der Waals surface area contributed by atoms with Crippen molar-refractivity contribution < 1.29 is 5.11 Å². The number of hydrogen-bond acceptors (Lipinski definition) is 4. The fraction of sp³-hybridized carbons (Fsp3) is 0.769. The van der Waals surface area contributed by atoms with Gasteiger partial charge in [0, 0.05) is 36.6 Å². The van der Waals surface area contributed by atoms with Crippen molar-refractivity contribution >= 4 is 22.9 Å². The molecule has 3 rings (SSSR count). The normalized spacial score (nSPS) is 33.3. The summed E-state index contributed by atoms with van der Waals surface area (Å²) in [6.07, 6.45) is 7.43. The van der Waals surface area contributed by atoms with Gasteiger partial charge >= 0.3 is 0 Å². The van der Waals surface area contributed by atoms with Crippen LogP contribution in [0.15, 0.2) is 6.20 Å². The van der Waals surface area contributed by atoms with E-state index in [1.807, 2.05) is 6.20 Å². The van der Waals surface area contributed by atoms with Gasteiger partial charge in [0.15, 0.2) is 4.47 Å². The van der Waals surface area contributed by atoms with Gasteiger partial charge in [-0.15, -0.1) is 11.3 Å². The molecule has 0 aromatic carbocycles. The van der Waals surface area contributed by atoms with Gasteiger partial charge in [0.05, 0.1) is 5.60 Å². The van der Waals surface area contributed by atoms with E-state index in [0.717, 1.165) is 32.5 Å². The summed E-state index contributed by atoms with van der Waals surface area (Å²) >= 11 is 7.42. The molecule has 2 atom stereocenters. The Labute approximate surface area is 117 Å². The van der Waals surface area contributed by atoms with Crippen LogP contribution in [0.2, 0.25) is 4.47 Å². The van der Waals surface area contributed by atoms with Crippen molar-refractivity contribution in [1.82, 2.24) is 9.88 Å². The Morgan fingerprint density at radius 3 is 3.17 bits per heavy atom. The molecule has 2 heterocycles. The molecule has 0 spiro atoms. The number of thiazole rings is 1. The third-order valence-corrected chi connectivity index (χ3v) is 5.52. The van der Waals surface area contributed by atoms with E-state index in [2.05, 4.69) is 9.88 Å². The molecule has 2 unspecified atom stereocenters. The Balaban J connectivity index is 1.63. The second-order valence-corrected chi connectivity index (χ2v) is 7.31. The highest BCUT2D eigenvalue weighted by Crippen LogP contribution is 2.40. The summed E-state index contributed by atoms with van der Waals surface area (Å²) in [6.45, 7) is 2.94. The fourth-order valence-corrected chi connectivity index (χ4v) is 4.38. The van der Waals surface area contributed by atoms with Crippen molar-refractivity contribution in [2.75, 3.05) is 13.1 Å². The maximum Gasteiger partial charge on any atom is 0.183 e. The van der Waals surface area contributed by atoms with Crippen LogP contribution in [0.25, 0.3) is 0 Å². The molecule has 1 saturated heterocycles. The lowest BCUT2D eigenvalue weighted by molar-refractivity contribution is -0.0966. The van der Waals surface area contributed by atoms with E-state index >= 15 is 0 Å². The zero-order valence-corrected chi connectivity index (χ0v) is 12.0. The number of hydrogen-bond donors (Lipinski definition) is 1. The third-order valence-electron chi connectivity index (χ3n) is 4.42. The molecule has 1 aromatic rings. The van der Waals surface area contributed by atoms with Crippen LogP contribution in [0.4, 0.5) is 0 Å². The summed E-state index contributed by atoms with van der Waals surface area (Å²) in [7, 11) is 0. The van der Waals surface area contributed by atoms with Crippen molar-refractivity contribution in [2.45, 2.75) is 44.2 Å². The number of rotatable bonds is 2. The molecular formula is C13H19ClN2OS. The summed E-state index contributed by atoms with van der Waals surface area (Å²) in [5.74, 6) is 0.461. The van der Waals surface area contributed by atoms with Crippen molar-refractivity contribution in [3.8, 4) is 0 Å². The molecule has 2 aliphatic rings. The van der Waals surface area contributed by atoms with Gasteiger partial charge in [0.2, 0.25) is 0 Å². The lowest BCUT2D eigenvalue weighted by Crippen LogP contribution is -2.52. The van der Waals surface area contributed by atoms with Crippen LogP contribution in [-0.2, 0) is 6.54 Å². The van der Waals surface area contributed by atoms with Crippen LogP contribution in [0.3, 0.4) is 0 Å². The molecule has 1 saturated carbocycles. The van der Waals surface area contributed by atoms with Crippen LogP contribution in [-0.4, -0.2) is 33.7 Å². The Morgan fingerprint density at radius 1 is 1.50 bits per heavy atom. The predicted octanol–water partition coefficient (Wildman–Crippen LogP) is 2.92. The number of fused-ring (bicyclic) bond motifs is 1. The highest BCUT2D eigenvalue weighted by molar-refractivity contribution is 7.15. The molecule has 1 aliphatic heterocycles. The van der Waals surface area contributed by atoms with E-state index in [1.54, 1.807) is 11.3 Å². The van der Waals surface area contributed by atoms with Gasteiger partial charge in [-0.1, -0.05) is 24.4 Å². The van der Waals surface area contributed by atoms with Gasteiger partial charge < -0.3 is 5.11 Å². The van der Waals surface area contributed by atoms with Crippen molar-refractivity contribution in [2.24, 2.45) is 5.92 Å². The van der Waals surface area contributed by atoms with Crippen LogP contribution in [0.5, 0.6) is 0 Å². The van der Waals surface area contributed by atoms with Crippen LogP contribution < -0.4 is 0 Å². The molecule has 0 radical (unpaired) electrons. The van der Waals surface area contributed by atoms with Crippen molar-refractivity contribution in [3.63, 3.8) is 0 Å². The highest BCUT2D eigenvalue weighted by atomic mass is 35.5. The van der Waals surface area contributed by atoms with Crippen molar-refractivity contribution in [3.05, 3.63) is 15.5 Å². The van der Waals surface area contributed by atoms with Crippen LogP contribution in [0.1, 0.15) is 37.0 Å². The first-order chi connectivity index (χ1) is 8.66. The predicted molar refractivity (Wildman–Crippen MR) is 73.9 cm³/mol. The smallest absolute Gasteiger partial charge is 0.183 e. The molecule has 1 N–H and O–H groups in total. The summed E-state index contributed by atoms with van der Waals surface area (Å²) in [4.78, 5) is 7.75. The molecule has 2 fully saturated rings. The Morgan fingerprint density at radius 2 is 2.39 bits per heavy atom. The third kappa shape index (κ3) is 2.57. The van der Waals surface area contributed by atoms with E-state index < -0.39 is 0 Å². The first-order valence-corrected chi connectivity index (χ1v) is 7.90. The zero-order valence-electron chi connectivity index (χ0n) is 10.4. The number of halogens is 1. The summed E-state index contributed by atoms with van der Waals surface area (Å²) in [5.41, 5.74) is -0.375. The molecule has 0 bridgehead atoms. The van der Waals surface area contributed by atoms with Crippen LogP contribution >= 0.6 is 22.9 Å². The van der Waals surface area contributed by atoms with Gasteiger partial charge in [0.1, 0.15) is 0 Å². The highest BCUT2D eigenvalue weighted by Gasteiger charge is 2.42. The topological polar surface area (TPSA) is 36.4 Å². The van der Waals surface area contributed by atoms with Crippen molar-refractivity contribution in [1.29, 1.82) is 0 Å². The summed E-state index contributed by atoms with van der Waals surface area (Å²) in [6, 6.07) is 0. The standard InChI is InChI=1S/C13H19ClN2OS/c14-12-15-7-11(18-12)9-16-6-5-13(17)4-2-1-3-10(13)8-16/h7,10,17H,1-6,8-9H2. The monoisotopic (exact) mass is 286 g/mol. The molecule has 18 heavy (non-hydrogen) atoms. The van der Waals surface area contributed by atoms with Gasteiger partial charge in [-0.25, -0.2) is 4.98 Å². The van der Waals surface area contributed by atoms with E-state index in [0.29, 0.717) is 10.4 Å². The maximum atomic E-state index is 10.6. The second-order valence-electron chi connectivity index (χ2n) is 5.61. The Bertz CT molecular complexity index is 425. The molecule has 1 aliphatic carbocycles. The molecule has 5 heteroatoms. The van der Waals surface area contributed by atoms with E-state index in [-0.39, 0.29) is 5.60 Å². The average Bonchev–Trinajstić information content (AvgIpc) is 2.75. The minimum atomic E-state index is -0.375. The number of piperidine rings is 1. The number of aromatic nitrogens is 1. The van der Waals surface area contributed by atoms with E-state index in [4.69, 9.17) is 11.6 Å². The molecule has 100 valence electrons. The largest absolute Gasteiger partial charge is 0.390 e. The Hall–Kier alpha value is -0.160. The van der Waals surface area contributed by atoms with Gasteiger partial charge in [-0.05, 0) is 19.3 Å². The molecule has 1 aromatic heterocycles. The minimum absolute atomic E-state index is 0.375. The van der Waals surface area contributed by atoms with Gasteiger partial charge in [-0.3, -0.25) is 4.90 Å². The van der Waals surface area contributed by atoms with Gasteiger partial charge in [-0.2, -0.15) is 0 Å². The first kappa shape index (κ1) is 12.9. The lowest BCUT2D eigenvalue weighted by atomic mass is 9.71. The molecule has 0 amide bonds. The summed E-state index contributed by atoms with van der Waals surface area (Å²) < 4.78 is 0.621. The summed E-state index contributed by atoms with van der Waals surface area (Å²) in [5, 5.41) is 10.6. The zero-order chi connectivity index (χ0) is 12.6. The SMILES string of the molecule is OC12CCCCC1CN(Cc1cnc(Cl)s1)CC2. The van der Waals surface area contributed by atoms with Gasteiger partial charge in [0.25, 0.3) is 0 Å². The lowest BCUT2D eigenvalue weighted by Gasteiger charge is -2.47. The van der Waals surface area contributed by atoms with E-state index in [9.17, 15) is 5.11 Å². The number of nitrogens with zero attached hydrogens (tertiary/aromatic N) is 2. The second kappa shape index (κ2) is 5.08. The minimum Gasteiger partial charge on any atom is -0.390 e. The average molecular weight is 287 g/mol. The number of likely N-dealkylation sites (tertiary alicyclic amines) is 1. The Kier molecular flexibility index (Phi) is 3.63. The first-order valence-electron chi connectivity index (χ1n) is 6.71. The van der Waals surface area contributed by atoms with Crippen LogP contribution in [0, 0.1) is 5.92 Å². The molecule has 3 nitrogen and oxygen atoms in total. The quantitative estimate of drug-likeness (QED) is 0.908. The molecular weight excluding hydrogens is 268 g/mol.